The van der Waals surface area contributed by atoms with E-state index in [-0.39, 0.29) is 6.04 Å². The fraction of sp³-hybridized carbons (Fsp3) is 0.300. The summed E-state index contributed by atoms with van der Waals surface area (Å²) >= 11 is 0. The summed E-state index contributed by atoms with van der Waals surface area (Å²) in [6, 6.07) is 1.85. The molecule has 2 N–H and O–H groups in total. The Morgan fingerprint density at radius 1 is 1.69 bits per heavy atom. The maximum atomic E-state index is 5.86. The van der Waals surface area contributed by atoms with Crippen LogP contribution in [0.1, 0.15) is 18.0 Å². The zero-order valence-electron chi connectivity index (χ0n) is 7.73. The van der Waals surface area contributed by atoms with Gasteiger partial charge >= 0.3 is 0 Å². The molecule has 1 unspecified atom stereocenters. The highest BCUT2D eigenvalue weighted by Crippen LogP contribution is 2.17. The molecule has 0 amide bonds. The van der Waals surface area contributed by atoms with Crippen LogP contribution in [0.4, 0.5) is 0 Å². The third-order valence-electron chi connectivity index (χ3n) is 1.82. The molecule has 0 radical (unpaired) electrons. The molecule has 1 atom stereocenters. The van der Waals surface area contributed by atoms with Crippen LogP contribution in [0.15, 0.2) is 31.1 Å². The van der Waals surface area contributed by atoms with Crippen LogP contribution in [-0.4, -0.2) is 12.1 Å². The Morgan fingerprint density at radius 2 is 2.46 bits per heavy atom. The van der Waals surface area contributed by atoms with Gasteiger partial charge in [-0.1, -0.05) is 6.08 Å². The monoisotopic (exact) mass is 178 g/mol. The fourth-order valence-electron chi connectivity index (χ4n) is 1.07. The van der Waals surface area contributed by atoms with Gasteiger partial charge in [-0.05, 0) is 18.1 Å². The van der Waals surface area contributed by atoms with Crippen LogP contribution < -0.4 is 10.5 Å². The van der Waals surface area contributed by atoms with Crippen molar-refractivity contribution in [3.8, 4) is 5.75 Å². The largest absolute Gasteiger partial charge is 0.495 e. The van der Waals surface area contributed by atoms with Crippen molar-refractivity contribution in [2.75, 3.05) is 7.11 Å². The zero-order valence-corrected chi connectivity index (χ0v) is 7.73. The Bertz CT molecular complexity index is 286. The lowest BCUT2D eigenvalue weighted by Gasteiger charge is -2.09. The number of hydrogen-bond acceptors (Lipinski definition) is 3. The Balaban J connectivity index is 2.81. The van der Waals surface area contributed by atoms with Gasteiger partial charge in [0.2, 0.25) is 0 Å². The van der Waals surface area contributed by atoms with E-state index in [2.05, 4.69) is 11.6 Å². The lowest BCUT2D eigenvalue weighted by Crippen LogP contribution is -2.09. The number of pyridine rings is 1. The van der Waals surface area contributed by atoms with E-state index in [1.165, 1.54) is 0 Å². The quantitative estimate of drug-likeness (QED) is 0.713. The van der Waals surface area contributed by atoms with E-state index >= 15 is 0 Å². The van der Waals surface area contributed by atoms with Crippen LogP contribution in [0.3, 0.4) is 0 Å². The van der Waals surface area contributed by atoms with Gasteiger partial charge in [-0.2, -0.15) is 0 Å². The molecule has 70 valence electrons. The maximum Gasteiger partial charge on any atom is 0.137 e. The van der Waals surface area contributed by atoms with E-state index in [0.717, 1.165) is 17.7 Å². The summed E-state index contributed by atoms with van der Waals surface area (Å²) in [4.78, 5) is 4.02. The average molecular weight is 178 g/mol. The summed E-state index contributed by atoms with van der Waals surface area (Å²) in [6.45, 7) is 3.64. The molecule has 1 rings (SSSR count). The first-order valence-corrected chi connectivity index (χ1v) is 4.13. The first-order valence-electron chi connectivity index (χ1n) is 4.13. The highest BCUT2D eigenvalue weighted by atomic mass is 16.5. The second kappa shape index (κ2) is 4.62. The van der Waals surface area contributed by atoms with Gasteiger partial charge in [0.1, 0.15) is 5.75 Å². The molecule has 0 saturated heterocycles. The predicted octanol–water partition coefficient (Wildman–Crippen LogP) is 1.67. The Morgan fingerprint density at radius 3 is 3.08 bits per heavy atom. The van der Waals surface area contributed by atoms with Crippen LogP contribution in [0.2, 0.25) is 0 Å². The molecule has 0 aliphatic carbocycles. The van der Waals surface area contributed by atoms with Gasteiger partial charge in [-0.15, -0.1) is 6.58 Å². The van der Waals surface area contributed by atoms with Gasteiger partial charge in [0.15, 0.2) is 0 Å². The van der Waals surface area contributed by atoms with E-state index in [4.69, 9.17) is 10.5 Å². The SMILES string of the molecule is C=CCC(N)c1cncc(OC)c1. The van der Waals surface area contributed by atoms with Gasteiger partial charge in [-0.25, -0.2) is 0 Å². The van der Waals surface area contributed by atoms with Gasteiger partial charge < -0.3 is 10.5 Å². The molecule has 13 heavy (non-hydrogen) atoms. The fourth-order valence-corrected chi connectivity index (χ4v) is 1.07. The molecule has 0 bridgehead atoms. The molecular weight excluding hydrogens is 164 g/mol. The maximum absolute atomic E-state index is 5.86. The van der Waals surface area contributed by atoms with E-state index < -0.39 is 0 Å². The van der Waals surface area contributed by atoms with Crippen molar-refractivity contribution in [2.45, 2.75) is 12.5 Å². The number of aromatic nitrogens is 1. The molecule has 0 aromatic carbocycles. The summed E-state index contributed by atoms with van der Waals surface area (Å²) in [5.41, 5.74) is 6.83. The van der Waals surface area contributed by atoms with E-state index in [1.807, 2.05) is 6.07 Å². The van der Waals surface area contributed by atoms with Gasteiger partial charge in [0.05, 0.1) is 13.3 Å². The lowest BCUT2D eigenvalue weighted by molar-refractivity contribution is 0.411. The first-order chi connectivity index (χ1) is 6.27. The molecule has 3 nitrogen and oxygen atoms in total. The van der Waals surface area contributed by atoms with Crippen LogP contribution in [0.5, 0.6) is 5.75 Å². The number of nitrogens with zero attached hydrogens (tertiary/aromatic N) is 1. The van der Waals surface area contributed by atoms with Crippen molar-refractivity contribution in [1.82, 2.24) is 4.98 Å². The second-order valence-corrected chi connectivity index (χ2v) is 2.79. The smallest absolute Gasteiger partial charge is 0.137 e. The molecule has 1 aromatic rings. The molecule has 0 spiro atoms. The molecule has 0 aliphatic heterocycles. The number of hydrogen-bond donors (Lipinski definition) is 1. The third kappa shape index (κ3) is 2.56. The van der Waals surface area contributed by atoms with Crippen molar-refractivity contribution >= 4 is 0 Å². The van der Waals surface area contributed by atoms with Crippen molar-refractivity contribution < 1.29 is 4.74 Å². The van der Waals surface area contributed by atoms with Crippen molar-refractivity contribution in [2.24, 2.45) is 5.73 Å². The second-order valence-electron chi connectivity index (χ2n) is 2.79. The van der Waals surface area contributed by atoms with Crippen LogP contribution in [0, 0.1) is 0 Å². The van der Waals surface area contributed by atoms with Crippen LogP contribution in [-0.2, 0) is 0 Å². The Labute approximate surface area is 78.2 Å². The lowest BCUT2D eigenvalue weighted by atomic mass is 10.1. The summed E-state index contributed by atoms with van der Waals surface area (Å²) in [7, 11) is 1.61. The Hall–Kier alpha value is -1.35. The molecule has 0 saturated carbocycles. The molecule has 1 aromatic heterocycles. The number of ether oxygens (including phenoxy) is 1. The van der Waals surface area contributed by atoms with Crippen LogP contribution >= 0.6 is 0 Å². The molecule has 0 fully saturated rings. The summed E-state index contributed by atoms with van der Waals surface area (Å²) in [6.07, 6.45) is 5.94. The van der Waals surface area contributed by atoms with E-state index in [1.54, 1.807) is 25.6 Å². The number of nitrogens with two attached hydrogens (primary N) is 1. The minimum Gasteiger partial charge on any atom is -0.495 e. The average Bonchev–Trinajstić information content (AvgIpc) is 2.18. The minimum absolute atomic E-state index is 0.0416. The zero-order chi connectivity index (χ0) is 9.68. The van der Waals surface area contributed by atoms with Gasteiger partial charge in [0, 0.05) is 12.2 Å². The molecular formula is C10H14N2O. The van der Waals surface area contributed by atoms with E-state index in [0.29, 0.717) is 0 Å². The van der Waals surface area contributed by atoms with Gasteiger partial charge in [0.25, 0.3) is 0 Å². The molecule has 0 aliphatic rings. The molecule has 3 heteroatoms. The highest BCUT2D eigenvalue weighted by molar-refractivity contribution is 5.25. The topological polar surface area (TPSA) is 48.1 Å². The normalized spacial score (nSPS) is 12.2. The molecule has 1 heterocycles. The Kier molecular flexibility index (Phi) is 3.46. The van der Waals surface area contributed by atoms with Gasteiger partial charge in [-0.3, -0.25) is 4.98 Å². The standard InChI is InChI=1S/C10H14N2O/c1-3-4-10(11)8-5-9(13-2)7-12-6-8/h3,5-7,10H,1,4,11H2,2H3. The van der Waals surface area contributed by atoms with Crippen molar-refractivity contribution in [3.05, 3.63) is 36.7 Å². The van der Waals surface area contributed by atoms with E-state index in [9.17, 15) is 0 Å². The highest BCUT2D eigenvalue weighted by Gasteiger charge is 2.04. The summed E-state index contributed by atoms with van der Waals surface area (Å²) in [5, 5.41) is 0. The third-order valence-corrected chi connectivity index (χ3v) is 1.82. The number of rotatable bonds is 4. The first kappa shape index (κ1) is 9.74. The summed E-state index contributed by atoms with van der Waals surface area (Å²) in [5.74, 6) is 0.733. The van der Waals surface area contributed by atoms with Crippen molar-refractivity contribution in [1.29, 1.82) is 0 Å². The number of methoxy groups -OCH3 is 1. The predicted molar refractivity (Wildman–Crippen MR) is 52.5 cm³/mol. The minimum atomic E-state index is -0.0416. The van der Waals surface area contributed by atoms with Crippen molar-refractivity contribution in [3.63, 3.8) is 0 Å². The van der Waals surface area contributed by atoms with Crippen LogP contribution in [0.25, 0.3) is 0 Å². The summed E-state index contributed by atoms with van der Waals surface area (Å²) < 4.78 is 5.04.